The molecule has 2 amide bonds. The van der Waals surface area contributed by atoms with Crippen LogP contribution in [0.4, 0.5) is 10.1 Å². The van der Waals surface area contributed by atoms with Crippen molar-refractivity contribution in [3.63, 3.8) is 0 Å². The van der Waals surface area contributed by atoms with Crippen molar-refractivity contribution in [1.29, 1.82) is 0 Å². The fourth-order valence-electron chi connectivity index (χ4n) is 8.61. The number of hydrogen-bond acceptors (Lipinski definition) is 7. The summed E-state index contributed by atoms with van der Waals surface area (Å²) in [6, 6.07) is 24.2. The number of hydrogen-bond donors (Lipinski definition) is 2. The highest BCUT2D eigenvalue weighted by atomic mass is 35.5. The van der Waals surface area contributed by atoms with Crippen LogP contribution in [-0.2, 0) is 42.5 Å². The second-order valence-electron chi connectivity index (χ2n) is 16.2. The van der Waals surface area contributed by atoms with E-state index in [-0.39, 0.29) is 59.1 Å². The lowest BCUT2D eigenvalue weighted by Gasteiger charge is -2.39. The Morgan fingerprint density at radius 3 is 1.98 bits per heavy atom. The monoisotopic (exact) mass is 911 g/mol. The topological polar surface area (TPSA) is 136 Å². The molecular weight excluding hydrogens is 861 g/mol. The SMILES string of the molecule is O=C(CCc1cccc(C2CCC(NC(=O)CCc3ccccc3)CN2S(=O)(=O)c2ccc(N3CCCCC3)c(Cl)c2)c1)NC1CCCN(S(=O)(=O)c2ccc(F)c(Cl)c2)C1. The zero-order valence-electron chi connectivity index (χ0n) is 33.9. The molecule has 4 aromatic carbocycles. The molecule has 0 aliphatic carbocycles. The molecule has 0 spiro atoms. The quantitative estimate of drug-likeness (QED) is 0.133. The zero-order valence-corrected chi connectivity index (χ0v) is 37.1. The summed E-state index contributed by atoms with van der Waals surface area (Å²) in [5.74, 6) is -1.09. The minimum absolute atomic E-state index is 0.0739. The van der Waals surface area contributed by atoms with E-state index < -0.39 is 44.0 Å². The maximum absolute atomic E-state index is 14.7. The van der Waals surface area contributed by atoms with E-state index in [9.17, 15) is 30.8 Å². The first-order valence-electron chi connectivity index (χ1n) is 21.0. The number of rotatable bonds is 14. The molecule has 326 valence electrons. The number of sulfonamides is 2. The Morgan fingerprint density at radius 1 is 0.639 bits per heavy atom. The Labute approximate surface area is 368 Å². The molecule has 3 aliphatic rings. The van der Waals surface area contributed by atoms with Crippen LogP contribution in [0, 0.1) is 5.82 Å². The van der Waals surface area contributed by atoms with Crippen LogP contribution in [0.2, 0.25) is 10.0 Å². The lowest BCUT2D eigenvalue weighted by atomic mass is 9.93. The zero-order chi connectivity index (χ0) is 43.1. The van der Waals surface area contributed by atoms with Gasteiger partial charge in [-0.3, -0.25) is 9.59 Å². The van der Waals surface area contributed by atoms with Gasteiger partial charge in [0.1, 0.15) is 5.82 Å². The van der Waals surface area contributed by atoms with E-state index in [2.05, 4.69) is 15.5 Å². The highest BCUT2D eigenvalue weighted by molar-refractivity contribution is 7.89. The summed E-state index contributed by atoms with van der Waals surface area (Å²) in [5, 5.41) is 6.18. The first-order chi connectivity index (χ1) is 29.3. The van der Waals surface area contributed by atoms with Crippen molar-refractivity contribution in [3.8, 4) is 0 Å². The van der Waals surface area contributed by atoms with Crippen LogP contribution < -0.4 is 15.5 Å². The van der Waals surface area contributed by atoms with Crippen LogP contribution in [-0.4, -0.2) is 82.1 Å². The number of aryl methyl sites for hydroxylation is 2. The van der Waals surface area contributed by atoms with E-state index in [0.29, 0.717) is 43.5 Å². The summed E-state index contributed by atoms with van der Waals surface area (Å²) in [6.07, 6.45) is 6.77. The minimum atomic E-state index is -4.10. The minimum Gasteiger partial charge on any atom is -0.370 e. The number of anilines is 1. The van der Waals surface area contributed by atoms with E-state index in [1.165, 1.54) is 20.7 Å². The number of benzene rings is 4. The second-order valence-corrected chi connectivity index (χ2v) is 20.8. The molecule has 4 aromatic rings. The van der Waals surface area contributed by atoms with Crippen LogP contribution in [0.1, 0.15) is 80.5 Å². The first-order valence-corrected chi connectivity index (χ1v) is 24.6. The summed E-state index contributed by atoms with van der Waals surface area (Å²) in [5.41, 5.74) is 3.49. The molecular formula is C45H52Cl2FN5O6S2. The van der Waals surface area contributed by atoms with Crippen LogP contribution in [0.25, 0.3) is 0 Å². The summed E-state index contributed by atoms with van der Waals surface area (Å²) in [7, 11) is -8.05. The van der Waals surface area contributed by atoms with Gasteiger partial charge < -0.3 is 15.5 Å². The molecule has 0 saturated carbocycles. The van der Waals surface area contributed by atoms with Gasteiger partial charge in [-0.1, -0.05) is 77.8 Å². The van der Waals surface area contributed by atoms with Crippen molar-refractivity contribution >= 4 is 60.8 Å². The van der Waals surface area contributed by atoms with Crippen molar-refractivity contribution in [2.75, 3.05) is 37.6 Å². The van der Waals surface area contributed by atoms with Gasteiger partial charge in [-0.25, -0.2) is 21.2 Å². The third-order valence-corrected chi connectivity index (χ3v) is 16.2. The smallest absolute Gasteiger partial charge is 0.243 e. The van der Waals surface area contributed by atoms with Crippen LogP contribution in [0.15, 0.2) is 101 Å². The molecule has 61 heavy (non-hydrogen) atoms. The van der Waals surface area contributed by atoms with E-state index >= 15 is 0 Å². The Kier molecular flexibility index (Phi) is 14.7. The van der Waals surface area contributed by atoms with Crippen molar-refractivity contribution in [1.82, 2.24) is 19.2 Å². The van der Waals surface area contributed by atoms with Gasteiger partial charge in [-0.2, -0.15) is 8.61 Å². The Balaban J connectivity index is 1.03. The maximum atomic E-state index is 14.7. The van der Waals surface area contributed by atoms with E-state index in [0.717, 1.165) is 66.9 Å². The molecule has 3 atom stereocenters. The number of halogens is 3. The number of amides is 2. The number of nitrogens with one attached hydrogen (secondary N) is 2. The Bertz CT molecular complexity index is 2420. The largest absolute Gasteiger partial charge is 0.370 e. The normalized spacial score (nSPS) is 20.6. The van der Waals surface area contributed by atoms with Crippen molar-refractivity contribution in [2.24, 2.45) is 0 Å². The fourth-order valence-corrected chi connectivity index (χ4v) is 12.5. The molecule has 0 radical (unpaired) electrons. The third kappa shape index (κ3) is 11.1. The van der Waals surface area contributed by atoms with Crippen LogP contribution in [0.5, 0.6) is 0 Å². The molecule has 3 unspecified atom stereocenters. The molecule has 0 aromatic heterocycles. The van der Waals surface area contributed by atoms with Gasteiger partial charge in [0.25, 0.3) is 0 Å². The molecule has 2 N–H and O–H groups in total. The molecule has 11 nitrogen and oxygen atoms in total. The highest BCUT2D eigenvalue weighted by Crippen LogP contribution is 2.38. The number of nitrogens with zero attached hydrogens (tertiary/aromatic N) is 3. The first kappa shape index (κ1) is 45.0. The number of carbonyl (C=O) groups excluding carboxylic acids is 2. The van der Waals surface area contributed by atoms with Gasteiger partial charge in [-0.15, -0.1) is 0 Å². The molecule has 3 fully saturated rings. The maximum Gasteiger partial charge on any atom is 0.243 e. The molecule has 16 heteroatoms. The average molecular weight is 913 g/mol. The summed E-state index contributed by atoms with van der Waals surface area (Å²) < 4.78 is 72.5. The Morgan fingerprint density at radius 2 is 1.28 bits per heavy atom. The summed E-state index contributed by atoms with van der Waals surface area (Å²) in [4.78, 5) is 28.6. The van der Waals surface area contributed by atoms with Gasteiger partial charge in [0.2, 0.25) is 31.9 Å². The fraction of sp³-hybridized carbons (Fsp3) is 0.422. The molecule has 7 rings (SSSR count). The van der Waals surface area contributed by atoms with Gasteiger partial charge >= 0.3 is 0 Å². The summed E-state index contributed by atoms with van der Waals surface area (Å²) >= 11 is 12.7. The number of carbonyl (C=O) groups is 2. The van der Waals surface area contributed by atoms with Crippen molar-refractivity contribution in [2.45, 2.75) is 98.5 Å². The predicted octanol–water partition coefficient (Wildman–Crippen LogP) is 7.67. The summed E-state index contributed by atoms with van der Waals surface area (Å²) in [6.45, 7) is 2.14. The van der Waals surface area contributed by atoms with Gasteiger partial charge in [0, 0.05) is 57.6 Å². The third-order valence-electron chi connectivity index (χ3n) is 11.9. The average Bonchev–Trinajstić information content (AvgIpc) is 3.26. The van der Waals surface area contributed by atoms with Crippen molar-refractivity contribution in [3.05, 3.63) is 124 Å². The standard InChI is InChI=1S/C45H52Cl2FN5O6S2/c46-39-28-37(17-19-41(39)48)60(56,57)52-26-8-13-35(30-52)49-45(55)23-15-33-11-7-12-34(27-33)42-20-16-36(50-44(54)22-14-32-9-3-1-4-10-32)31-53(42)61(58,59)38-18-21-43(40(47)29-38)51-24-5-2-6-25-51/h1,3-4,7,9-12,17-19,21,27-29,35-36,42H,2,5-6,8,13-16,20,22-26,30-31H2,(H,49,55)(H,50,54). The molecule has 3 saturated heterocycles. The predicted molar refractivity (Wildman–Crippen MR) is 236 cm³/mol. The molecule has 0 bridgehead atoms. The lowest BCUT2D eigenvalue weighted by Crippen LogP contribution is -2.50. The number of piperidine rings is 3. The van der Waals surface area contributed by atoms with Crippen LogP contribution >= 0.6 is 23.2 Å². The van der Waals surface area contributed by atoms with E-state index in [4.69, 9.17) is 23.2 Å². The molecule has 3 aliphatic heterocycles. The highest BCUT2D eigenvalue weighted by Gasteiger charge is 2.39. The van der Waals surface area contributed by atoms with Gasteiger partial charge in [-0.05, 0) is 111 Å². The Hall–Kier alpha value is -4.05. The van der Waals surface area contributed by atoms with E-state index in [1.807, 2.05) is 54.6 Å². The lowest BCUT2D eigenvalue weighted by molar-refractivity contribution is -0.122. The van der Waals surface area contributed by atoms with Gasteiger partial charge in [0.05, 0.1) is 31.6 Å². The van der Waals surface area contributed by atoms with Crippen LogP contribution in [0.3, 0.4) is 0 Å². The van der Waals surface area contributed by atoms with Crippen molar-refractivity contribution < 1.29 is 30.8 Å². The second kappa shape index (κ2) is 20.0. The van der Waals surface area contributed by atoms with E-state index in [1.54, 1.807) is 12.1 Å². The van der Waals surface area contributed by atoms with Gasteiger partial charge in [0.15, 0.2) is 0 Å². The molecule has 3 heterocycles.